The van der Waals surface area contributed by atoms with E-state index in [0.29, 0.717) is 17.7 Å². The summed E-state index contributed by atoms with van der Waals surface area (Å²) >= 11 is 0. The van der Waals surface area contributed by atoms with Crippen molar-refractivity contribution in [3.8, 4) is 5.75 Å². The average Bonchev–Trinajstić information content (AvgIpc) is 2.29. The Hall–Kier alpha value is -1.09. The summed E-state index contributed by atoms with van der Waals surface area (Å²) in [6.07, 6.45) is 1.89. The summed E-state index contributed by atoms with van der Waals surface area (Å²) < 4.78 is 18.4. The lowest BCUT2D eigenvalue weighted by Gasteiger charge is -2.20. The lowest BCUT2D eigenvalue weighted by Crippen LogP contribution is -2.31. The third-order valence-electron chi connectivity index (χ3n) is 3.14. The molecule has 0 spiro atoms. The van der Waals surface area contributed by atoms with Gasteiger partial charge in [0.15, 0.2) is 11.6 Å². The molecule has 0 saturated carbocycles. The van der Waals surface area contributed by atoms with E-state index in [1.165, 1.54) is 7.11 Å². The molecular weight excluding hydrogens is 217 g/mol. The monoisotopic (exact) mass is 239 g/mol. The van der Waals surface area contributed by atoms with Gasteiger partial charge >= 0.3 is 0 Å². The molecule has 0 amide bonds. The molecule has 2 nitrogen and oxygen atoms in total. The molecule has 0 aliphatic rings. The van der Waals surface area contributed by atoms with Crippen molar-refractivity contribution in [2.24, 2.45) is 5.92 Å². The molecule has 1 unspecified atom stereocenters. The Morgan fingerprint density at radius 2 is 2.06 bits per heavy atom. The summed E-state index contributed by atoms with van der Waals surface area (Å²) in [6, 6.07) is 5.65. The summed E-state index contributed by atoms with van der Waals surface area (Å²) in [5, 5.41) is 3.29. The van der Waals surface area contributed by atoms with Crippen molar-refractivity contribution in [3.63, 3.8) is 0 Å². The number of aryl methyl sites for hydroxylation is 1. The molecule has 0 aromatic heterocycles. The second-order valence-corrected chi connectivity index (χ2v) is 4.65. The number of methoxy groups -OCH3 is 1. The van der Waals surface area contributed by atoms with Crippen LogP contribution >= 0.6 is 0 Å². The van der Waals surface area contributed by atoms with Gasteiger partial charge in [0, 0.05) is 6.04 Å². The molecule has 1 rings (SSSR count). The summed E-state index contributed by atoms with van der Waals surface area (Å²) in [6.45, 7) is 4.38. The van der Waals surface area contributed by atoms with Crippen LogP contribution in [0, 0.1) is 11.7 Å². The first-order valence-electron chi connectivity index (χ1n) is 6.08. The summed E-state index contributed by atoms with van der Waals surface area (Å²) in [7, 11) is 3.45. The number of nitrogens with one attached hydrogen (secondary N) is 1. The molecule has 1 atom stereocenters. The molecule has 0 heterocycles. The topological polar surface area (TPSA) is 21.3 Å². The molecule has 96 valence electrons. The standard InChI is InChI=1S/C14H22FNO/c1-10(2)13(16-3)7-5-11-6-8-14(17-4)12(15)9-11/h6,8-10,13,16H,5,7H2,1-4H3. The van der Waals surface area contributed by atoms with Gasteiger partial charge < -0.3 is 10.1 Å². The fourth-order valence-corrected chi connectivity index (χ4v) is 2.00. The van der Waals surface area contributed by atoms with Crippen molar-refractivity contribution in [3.05, 3.63) is 29.6 Å². The number of hydrogen-bond acceptors (Lipinski definition) is 2. The smallest absolute Gasteiger partial charge is 0.165 e. The molecule has 3 heteroatoms. The Morgan fingerprint density at radius 3 is 2.53 bits per heavy atom. The van der Waals surface area contributed by atoms with Gasteiger partial charge in [0.25, 0.3) is 0 Å². The predicted octanol–water partition coefficient (Wildman–Crippen LogP) is 3.01. The third-order valence-corrected chi connectivity index (χ3v) is 3.14. The average molecular weight is 239 g/mol. The molecule has 0 aliphatic carbocycles. The Bertz CT molecular complexity index is 352. The molecule has 1 N–H and O–H groups in total. The Kier molecular flexibility index (Phi) is 5.42. The summed E-state index contributed by atoms with van der Waals surface area (Å²) in [5.41, 5.74) is 1.02. The molecule has 0 radical (unpaired) electrons. The first-order valence-corrected chi connectivity index (χ1v) is 6.08. The van der Waals surface area contributed by atoms with Crippen LogP contribution in [0.3, 0.4) is 0 Å². The molecule has 1 aromatic carbocycles. The normalized spacial score (nSPS) is 12.8. The molecule has 0 fully saturated rings. The van der Waals surface area contributed by atoms with Crippen LogP contribution in [0.5, 0.6) is 5.75 Å². The first-order chi connectivity index (χ1) is 8.08. The molecule has 0 bridgehead atoms. The number of rotatable bonds is 6. The van der Waals surface area contributed by atoms with E-state index in [9.17, 15) is 4.39 Å². The maximum atomic E-state index is 13.5. The van der Waals surface area contributed by atoms with Gasteiger partial charge in [-0.05, 0) is 43.5 Å². The highest BCUT2D eigenvalue weighted by molar-refractivity contribution is 5.29. The second-order valence-electron chi connectivity index (χ2n) is 4.65. The lowest BCUT2D eigenvalue weighted by atomic mass is 9.97. The van der Waals surface area contributed by atoms with E-state index >= 15 is 0 Å². The van der Waals surface area contributed by atoms with Gasteiger partial charge in [-0.2, -0.15) is 0 Å². The van der Waals surface area contributed by atoms with Gasteiger partial charge in [-0.3, -0.25) is 0 Å². The van der Waals surface area contributed by atoms with Crippen LogP contribution in [0.25, 0.3) is 0 Å². The Morgan fingerprint density at radius 1 is 1.35 bits per heavy atom. The Labute approximate surface area is 103 Å². The van der Waals surface area contributed by atoms with Gasteiger partial charge in [-0.25, -0.2) is 4.39 Å². The van der Waals surface area contributed by atoms with E-state index < -0.39 is 0 Å². The number of benzene rings is 1. The minimum Gasteiger partial charge on any atom is -0.494 e. The van der Waals surface area contributed by atoms with Crippen LogP contribution < -0.4 is 10.1 Å². The zero-order valence-corrected chi connectivity index (χ0v) is 11.1. The maximum absolute atomic E-state index is 13.5. The van der Waals surface area contributed by atoms with Crippen molar-refractivity contribution < 1.29 is 9.13 Å². The highest BCUT2D eigenvalue weighted by Crippen LogP contribution is 2.19. The number of halogens is 1. The van der Waals surface area contributed by atoms with Gasteiger partial charge in [0.05, 0.1) is 7.11 Å². The molecule has 1 aromatic rings. The minimum absolute atomic E-state index is 0.282. The quantitative estimate of drug-likeness (QED) is 0.824. The van der Waals surface area contributed by atoms with Gasteiger partial charge in [0.2, 0.25) is 0 Å². The van der Waals surface area contributed by atoms with Crippen LogP contribution in [-0.4, -0.2) is 20.2 Å². The number of ether oxygens (including phenoxy) is 1. The van der Waals surface area contributed by atoms with Crippen LogP contribution in [0.4, 0.5) is 4.39 Å². The van der Waals surface area contributed by atoms with Crippen LogP contribution in [0.2, 0.25) is 0 Å². The van der Waals surface area contributed by atoms with Gasteiger partial charge in [-0.15, -0.1) is 0 Å². The molecular formula is C14H22FNO. The van der Waals surface area contributed by atoms with E-state index in [0.717, 1.165) is 18.4 Å². The predicted molar refractivity (Wildman–Crippen MR) is 69.0 cm³/mol. The van der Waals surface area contributed by atoms with E-state index in [4.69, 9.17) is 4.74 Å². The fraction of sp³-hybridized carbons (Fsp3) is 0.571. The van der Waals surface area contributed by atoms with E-state index in [1.54, 1.807) is 12.1 Å². The summed E-state index contributed by atoms with van der Waals surface area (Å²) in [5.74, 6) is 0.612. The minimum atomic E-state index is -0.282. The third kappa shape index (κ3) is 4.00. The van der Waals surface area contributed by atoms with Gasteiger partial charge in [0.1, 0.15) is 0 Å². The van der Waals surface area contributed by atoms with Crippen molar-refractivity contribution >= 4 is 0 Å². The maximum Gasteiger partial charge on any atom is 0.165 e. The van der Waals surface area contributed by atoms with E-state index in [-0.39, 0.29) is 5.82 Å². The van der Waals surface area contributed by atoms with Crippen molar-refractivity contribution in [2.45, 2.75) is 32.7 Å². The van der Waals surface area contributed by atoms with Crippen LogP contribution in [0.1, 0.15) is 25.8 Å². The van der Waals surface area contributed by atoms with E-state index in [2.05, 4.69) is 19.2 Å². The zero-order valence-electron chi connectivity index (χ0n) is 11.1. The van der Waals surface area contributed by atoms with Crippen molar-refractivity contribution in [2.75, 3.05) is 14.2 Å². The van der Waals surface area contributed by atoms with Crippen LogP contribution in [-0.2, 0) is 6.42 Å². The van der Waals surface area contributed by atoms with Crippen molar-refractivity contribution in [1.29, 1.82) is 0 Å². The van der Waals surface area contributed by atoms with Gasteiger partial charge in [-0.1, -0.05) is 19.9 Å². The fourth-order valence-electron chi connectivity index (χ4n) is 2.00. The molecule has 0 saturated heterocycles. The summed E-state index contributed by atoms with van der Waals surface area (Å²) in [4.78, 5) is 0. The Balaban J connectivity index is 2.60. The number of hydrogen-bond donors (Lipinski definition) is 1. The van der Waals surface area contributed by atoms with Crippen molar-refractivity contribution in [1.82, 2.24) is 5.32 Å². The molecule has 17 heavy (non-hydrogen) atoms. The largest absolute Gasteiger partial charge is 0.494 e. The highest BCUT2D eigenvalue weighted by Gasteiger charge is 2.11. The zero-order chi connectivity index (χ0) is 12.8. The first kappa shape index (κ1) is 14.0. The second kappa shape index (κ2) is 6.60. The SMILES string of the molecule is CNC(CCc1ccc(OC)c(F)c1)C(C)C. The highest BCUT2D eigenvalue weighted by atomic mass is 19.1. The molecule has 0 aliphatic heterocycles. The van der Waals surface area contributed by atoms with E-state index in [1.807, 2.05) is 13.1 Å². The lowest BCUT2D eigenvalue weighted by molar-refractivity contribution is 0.385. The van der Waals surface area contributed by atoms with Crippen LogP contribution in [0.15, 0.2) is 18.2 Å².